The van der Waals surface area contributed by atoms with Gasteiger partial charge in [-0.05, 0) is 47.4 Å². The third kappa shape index (κ3) is 5.78. The Morgan fingerprint density at radius 2 is 1.78 bits per heavy atom. The maximum Gasteiger partial charge on any atom is 0.335 e. The number of carbonyl (C=O) groups is 1. The van der Waals surface area contributed by atoms with Crippen molar-refractivity contribution in [2.24, 2.45) is 0 Å². The fourth-order valence-corrected chi connectivity index (χ4v) is 2.75. The van der Waals surface area contributed by atoms with E-state index >= 15 is 0 Å². The normalized spacial score (nSPS) is 15.1. The first-order valence-corrected chi connectivity index (χ1v) is 8.72. The van der Waals surface area contributed by atoms with Crippen molar-refractivity contribution in [1.29, 1.82) is 0 Å². The second kappa shape index (κ2) is 9.13. The van der Waals surface area contributed by atoms with E-state index in [2.05, 4.69) is 16.7 Å². The van der Waals surface area contributed by atoms with E-state index in [4.69, 9.17) is 9.84 Å². The fraction of sp³-hybridized carbons (Fsp3) is 0.227. The van der Waals surface area contributed by atoms with Crippen molar-refractivity contribution in [1.82, 2.24) is 4.90 Å². The van der Waals surface area contributed by atoms with Crippen LogP contribution in [0.1, 0.15) is 27.0 Å². The van der Waals surface area contributed by atoms with Crippen LogP contribution < -0.4 is 0 Å². The number of hydrogen-bond donors (Lipinski definition) is 1. The Kier molecular flexibility index (Phi) is 6.37. The minimum absolute atomic E-state index is 0.163. The van der Waals surface area contributed by atoms with Gasteiger partial charge in [0, 0.05) is 25.2 Å². The summed E-state index contributed by atoms with van der Waals surface area (Å²) in [5.74, 6) is 3.71. The molecule has 0 spiro atoms. The number of allylic oxidation sites excluding steroid dienone is 1. The van der Waals surface area contributed by atoms with Crippen molar-refractivity contribution in [2.75, 3.05) is 26.3 Å². The van der Waals surface area contributed by atoms with Crippen LogP contribution in [-0.2, 0) is 11.3 Å². The van der Waals surface area contributed by atoms with E-state index < -0.39 is 11.8 Å². The summed E-state index contributed by atoms with van der Waals surface area (Å²) >= 11 is 0. The van der Waals surface area contributed by atoms with E-state index in [0.717, 1.165) is 38.4 Å². The zero-order valence-electron chi connectivity index (χ0n) is 14.8. The molecule has 1 heterocycles. The lowest BCUT2D eigenvalue weighted by atomic mass is 10.1. The Hall–Kier alpha value is -2.94. The van der Waals surface area contributed by atoms with Crippen LogP contribution in [0.2, 0.25) is 0 Å². The number of aromatic carboxylic acids is 1. The molecule has 27 heavy (non-hydrogen) atoms. The number of halogens is 1. The molecule has 0 amide bonds. The molecule has 1 N–H and O–H groups in total. The largest absolute Gasteiger partial charge is 0.478 e. The highest BCUT2D eigenvalue weighted by atomic mass is 19.1. The lowest BCUT2D eigenvalue weighted by Crippen LogP contribution is -2.35. The molecule has 3 rings (SSSR count). The van der Waals surface area contributed by atoms with Crippen LogP contribution in [0.4, 0.5) is 4.39 Å². The van der Waals surface area contributed by atoms with Crippen LogP contribution in [0.25, 0.3) is 6.08 Å². The molecule has 1 aliphatic heterocycles. The summed E-state index contributed by atoms with van der Waals surface area (Å²) in [4.78, 5) is 13.1. The maximum atomic E-state index is 14.0. The van der Waals surface area contributed by atoms with Gasteiger partial charge in [0.25, 0.3) is 0 Å². The molecule has 1 fully saturated rings. The van der Waals surface area contributed by atoms with Gasteiger partial charge in [-0.2, -0.15) is 4.39 Å². The quantitative estimate of drug-likeness (QED) is 0.842. The van der Waals surface area contributed by atoms with Crippen LogP contribution >= 0.6 is 0 Å². The second-order valence-corrected chi connectivity index (χ2v) is 6.25. The van der Waals surface area contributed by atoms with Crippen LogP contribution in [-0.4, -0.2) is 42.3 Å². The van der Waals surface area contributed by atoms with Crippen molar-refractivity contribution < 1.29 is 19.0 Å². The third-order valence-corrected chi connectivity index (χ3v) is 4.24. The van der Waals surface area contributed by atoms with Gasteiger partial charge in [0.05, 0.1) is 18.8 Å². The van der Waals surface area contributed by atoms with Crippen LogP contribution in [0.3, 0.4) is 0 Å². The molecule has 0 aliphatic carbocycles. The van der Waals surface area contributed by atoms with Gasteiger partial charge in [-0.15, -0.1) is 0 Å². The summed E-state index contributed by atoms with van der Waals surface area (Å²) in [6, 6.07) is 13.7. The first-order chi connectivity index (χ1) is 13.1. The highest BCUT2D eigenvalue weighted by molar-refractivity contribution is 5.87. The lowest BCUT2D eigenvalue weighted by molar-refractivity contribution is 0.0342. The van der Waals surface area contributed by atoms with Crippen LogP contribution in [0.5, 0.6) is 0 Å². The standard InChI is InChI=1S/C22H20FNO3/c23-21(15-18-5-8-20(9-6-18)22(25)26)10-7-17-1-3-19(4-2-17)16-24-11-13-27-14-12-24/h1-6,8-9,15H,11-14,16H2,(H,25,26). The van der Waals surface area contributed by atoms with Gasteiger partial charge < -0.3 is 9.84 Å². The van der Waals surface area contributed by atoms with Crippen molar-refractivity contribution in [3.63, 3.8) is 0 Å². The van der Waals surface area contributed by atoms with Crippen molar-refractivity contribution in [2.45, 2.75) is 6.54 Å². The molecule has 0 atom stereocenters. The Labute approximate surface area is 157 Å². The highest BCUT2D eigenvalue weighted by Gasteiger charge is 2.10. The molecule has 1 aliphatic rings. The summed E-state index contributed by atoms with van der Waals surface area (Å²) in [5, 5.41) is 8.86. The molecule has 0 saturated carbocycles. The monoisotopic (exact) mass is 365 g/mol. The Balaban J connectivity index is 1.61. The molecule has 4 nitrogen and oxygen atoms in total. The van der Waals surface area contributed by atoms with Gasteiger partial charge in [-0.3, -0.25) is 4.90 Å². The van der Waals surface area contributed by atoms with Crippen LogP contribution in [0.15, 0.2) is 54.4 Å². The molecule has 0 radical (unpaired) electrons. The Morgan fingerprint density at radius 1 is 1.11 bits per heavy atom. The average Bonchev–Trinajstić information content (AvgIpc) is 2.69. The minimum Gasteiger partial charge on any atom is -0.478 e. The number of morpholine rings is 1. The molecular formula is C22H20FNO3. The maximum absolute atomic E-state index is 14.0. The summed E-state index contributed by atoms with van der Waals surface area (Å²) in [6.45, 7) is 4.29. The third-order valence-electron chi connectivity index (χ3n) is 4.24. The lowest BCUT2D eigenvalue weighted by Gasteiger charge is -2.26. The fourth-order valence-electron chi connectivity index (χ4n) is 2.75. The molecule has 0 unspecified atom stereocenters. The second-order valence-electron chi connectivity index (χ2n) is 6.25. The van der Waals surface area contributed by atoms with Crippen molar-refractivity contribution in [3.8, 4) is 11.8 Å². The number of hydrogen-bond acceptors (Lipinski definition) is 3. The summed E-state index contributed by atoms with van der Waals surface area (Å²) in [5.41, 5.74) is 2.66. The van der Waals surface area contributed by atoms with Crippen LogP contribution in [0, 0.1) is 11.8 Å². The molecular weight excluding hydrogens is 345 g/mol. The Morgan fingerprint density at radius 3 is 2.41 bits per heavy atom. The topological polar surface area (TPSA) is 49.8 Å². The summed E-state index contributed by atoms with van der Waals surface area (Å²) < 4.78 is 19.3. The van der Waals surface area contributed by atoms with E-state index in [1.807, 2.05) is 24.3 Å². The number of nitrogens with zero attached hydrogens (tertiary/aromatic N) is 1. The summed E-state index contributed by atoms with van der Waals surface area (Å²) in [7, 11) is 0. The van der Waals surface area contributed by atoms with Gasteiger partial charge >= 0.3 is 5.97 Å². The summed E-state index contributed by atoms with van der Waals surface area (Å²) in [6.07, 6.45) is 1.28. The smallest absolute Gasteiger partial charge is 0.335 e. The molecule has 0 bridgehead atoms. The van der Waals surface area contributed by atoms with Gasteiger partial charge in [0.1, 0.15) is 0 Å². The van der Waals surface area contributed by atoms with E-state index in [1.165, 1.54) is 23.8 Å². The number of carboxylic acid groups (broad SMARTS) is 1. The highest BCUT2D eigenvalue weighted by Crippen LogP contribution is 2.11. The molecule has 2 aromatic carbocycles. The van der Waals surface area contributed by atoms with E-state index in [0.29, 0.717) is 5.56 Å². The number of benzene rings is 2. The van der Waals surface area contributed by atoms with E-state index in [9.17, 15) is 9.18 Å². The predicted octanol–water partition coefficient (Wildman–Crippen LogP) is 3.58. The first kappa shape index (κ1) is 18.8. The van der Waals surface area contributed by atoms with Gasteiger partial charge in [-0.25, -0.2) is 4.79 Å². The van der Waals surface area contributed by atoms with Gasteiger partial charge in [0.15, 0.2) is 5.83 Å². The molecule has 1 saturated heterocycles. The number of ether oxygens (including phenoxy) is 1. The number of rotatable bonds is 4. The zero-order chi connectivity index (χ0) is 19.1. The molecule has 0 aromatic heterocycles. The minimum atomic E-state index is -1.01. The van der Waals surface area contributed by atoms with Gasteiger partial charge in [0.2, 0.25) is 0 Å². The molecule has 2 aromatic rings. The molecule has 138 valence electrons. The van der Waals surface area contributed by atoms with Gasteiger partial charge in [-0.1, -0.05) is 30.2 Å². The molecule has 5 heteroatoms. The van der Waals surface area contributed by atoms with E-state index in [-0.39, 0.29) is 5.56 Å². The predicted molar refractivity (Wildman–Crippen MR) is 102 cm³/mol. The Bertz CT molecular complexity index is 871. The first-order valence-electron chi connectivity index (χ1n) is 8.72. The average molecular weight is 365 g/mol. The van der Waals surface area contributed by atoms with Crippen molar-refractivity contribution in [3.05, 3.63) is 76.6 Å². The number of carboxylic acids is 1. The van der Waals surface area contributed by atoms with E-state index in [1.54, 1.807) is 12.1 Å². The SMILES string of the molecule is O=C(O)c1ccc(C=C(F)C#Cc2ccc(CN3CCOCC3)cc2)cc1. The van der Waals surface area contributed by atoms with Crippen molar-refractivity contribution >= 4 is 12.0 Å². The zero-order valence-corrected chi connectivity index (χ0v) is 14.8.